The van der Waals surface area contributed by atoms with Crippen LogP contribution in [0.1, 0.15) is 28.4 Å². The van der Waals surface area contributed by atoms with Crippen LogP contribution in [0, 0.1) is 0 Å². The highest BCUT2D eigenvalue weighted by atomic mass is 79.9. The van der Waals surface area contributed by atoms with Crippen LogP contribution >= 0.6 is 15.9 Å². The number of hydrogen-bond acceptors (Lipinski definition) is 1. The normalized spacial score (nSPS) is 13.5. The van der Waals surface area contributed by atoms with Gasteiger partial charge in [0.1, 0.15) is 6.10 Å². The predicted octanol–water partition coefficient (Wildman–Crippen LogP) is 5.10. The van der Waals surface area contributed by atoms with Crippen LogP contribution < -0.4 is 0 Å². The topological polar surface area (TPSA) is 20.2 Å². The Morgan fingerprint density at radius 3 is 2.41 bits per heavy atom. The van der Waals surface area contributed by atoms with Crippen molar-refractivity contribution in [3.63, 3.8) is 0 Å². The summed E-state index contributed by atoms with van der Waals surface area (Å²) in [6.07, 6.45) is 0.358. The van der Waals surface area contributed by atoms with Gasteiger partial charge in [-0.2, -0.15) is 0 Å². The zero-order valence-corrected chi connectivity index (χ0v) is 13.5. The maximum atomic E-state index is 10.6. The molecule has 1 nitrogen and oxygen atoms in total. The van der Waals surface area contributed by atoms with E-state index >= 15 is 0 Å². The van der Waals surface area contributed by atoms with E-state index in [1.165, 1.54) is 22.3 Å². The lowest BCUT2D eigenvalue weighted by molar-refractivity contribution is 0.220. The number of aliphatic hydroxyl groups excluding tert-OH is 1. The molecule has 0 fully saturated rings. The first kappa shape index (κ1) is 13.7. The summed E-state index contributed by atoms with van der Waals surface area (Å²) >= 11 is 3.46. The quantitative estimate of drug-likeness (QED) is 0.533. The summed E-state index contributed by atoms with van der Waals surface area (Å²) in [5.41, 5.74) is 7.13. The van der Waals surface area contributed by atoms with Crippen molar-refractivity contribution in [3.05, 3.63) is 93.5 Å². The molecule has 0 unspecified atom stereocenters. The molecule has 0 saturated carbocycles. The molecule has 22 heavy (non-hydrogen) atoms. The van der Waals surface area contributed by atoms with Gasteiger partial charge in [-0.15, -0.1) is 0 Å². The van der Waals surface area contributed by atoms with Gasteiger partial charge in [0, 0.05) is 4.47 Å². The summed E-state index contributed by atoms with van der Waals surface area (Å²) in [5, 5.41) is 10.6. The summed E-state index contributed by atoms with van der Waals surface area (Å²) < 4.78 is 0.984. The Kier molecular flexibility index (Phi) is 3.36. The third-order valence-corrected chi connectivity index (χ3v) is 4.79. The largest absolute Gasteiger partial charge is 0.384 e. The van der Waals surface area contributed by atoms with Gasteiger partial charge in [0.25, 0.3) is 0 Å². The van der Waals surface area contributed by atoms with Crippen LogP contribution in [-0.2, 0) is 6.42 Å². The molecule has 0 aromatic heterocycles. The molecule has 3 aromatic rings. The fraction of sp³-hybridized carbons (Fsp3) is 0.100. The van der Waals surface area contributed by atoms with Gasteiger partial charge in [-0.25, -0.2) is 0 Å². The minimum Gasteiger partial charge on any atom is -0.384 e. The Hall–Kier alpha value is -1.90. The highest BCUT2D eigenvalue weighted by Gasteiger charge is 2.20. The molecule has 1 N–H and O–H groups in total. The first-order valence-corrected chi connectivity index (χ1v) is 8.16. The van der Waals surface area contributed by atoms with Gasteiger partial charge >= 0.3 is 0 Å². The SMILES string of the molecule is O[C@@H](c1cccc(Br)c1)c1ccc2c(c1)Cc1ccccc1-2. The van der Waals surface area contributed by atoms with Crippen molar-refractivity contribution in [1.29, 1.82) is 0 Å². The number of benzene rings is 3. The first-order valence-electron chi connectivity index (χ1n) is 7.37. The van der Waals surface area contributed by atoms with Gasteiger partial charge in [-0.1, -0.05) is 70.5 Å². The van der Waals surface area contributed by atoms with E-state index in [1.807, 2.05) is 30.3 Å². The number of rotatable bonds is 2. The van der Waals surface area contributed by atoms with Crippen molar-refractivity contribution in [2.24, 2.45) is 0 Å². The fourth-order valence-corrected chi connectivity index (χ4v) is 3.62. The van der Waals surface area contributed by atoms with Gasteiger partial charge < -0.3 is 5.11 Å². The molecular formula is C20H15BrO. The van der Waals surface area contributed by atoms with E-state index in [4.69, 9.17) is 0 Å². The number of fused-ring (bicyclic) bond motifs is 3. The lowest BCUT2D eigenvalue weighted by Gasteiger charge is -2.13. The summed E-state index contributed by atoms with van der Waals surface area (Å²) in [5.74, 6) is 0. The zero-order valence-electron chi connectivity index (χ0n) is 12.0. The molecule has 0 amide bonds. The molecule has 1 atom stereocenters. The van der Waals surface area contributed by atoms with Crippen molar-refractivity contribution in [3.8, 4) is 11.1 Å². The van der Waals surface area contributed by atoms with E-state index in [0.29, 0.717) is 0 Å². The lowest BCUT2D eigenvalue weighted by Crippen LogP contribution is -2.00. The van der Waals surface area contributed by atoms with E-state index < -0.39 is 6.10 Å². The highest BCUT2D eigenvalue weighted by molar-refractivity contribution is 9.10. The molecule has 0 bridgehead atoms. The molecule has 3 aromatic carbocycles. The lowest BCUT2D eigenvalue weighted by atomic mass is 9.97. The van der Waals surface area contributed by atoms with E-state index in [0.717, 1.165) is 22.0 Å². The summed E-state index contributed by atoms with van der Waals surface area (Å²) in [6.45, 7) is 0. The summed E-state index contributed by atoms with van der Waals surface area (Å²) in [4.78, 5) is 0. The maximum Gasteiger partial charge on any atom is 0.104 e. The minimum atomic E-state index is -0.591. The Labute approximate surface area is 138 Å². The Morgan fingerprint density at radius 1 is 0.773 bits per heavy atom. The summed E-state index contributed by atoms with van der Waals surface area (Å²) in [7, 11) is 0. The van der Waals surface area contributed by atoms with Crippen molar-refractivity contribution < 1.29 is 5.11 Å². The molecule has 0 spiro atoms. The van der Waals surface area contributed by atoms with Crippen molar-refractivity contribution >= 4 is 15.9 Å². The number of halogens is 1. The van der Waals surface area contributed by atoms with Crippen molar-refractivity contribution in [1.82, 2.24) is 0 Å². The van der Waals surface area contributed by atoms with Crippen LogP contribution in [0.25, 0.3) is 11.1 Å². The van der Waals surface area contributed by atoms with Gasteiger partial charge in [0.05, 0.1) is 0 Å². The summed E-state index contributed by atoms with van der Waals surface area (Å²) in [6, 6.07) is 22.7. The van der Waals surface area contributed by atoms with Crippen molar-refractivity contribution in [2.75, 3.05) is 0 Å². The second-order valence-electron chi connectivity index (χ2n) is 5.71. The van der Waals surface area contributed by atoms with Gasteiger partial charge in [0.2, 0.25) is 0 Å². The van der Waals surface area contributed by atoms with Gasteiger partial charge in [0.15, 0.2) is 0 Å². The monoisotopic (exact) mass is 350 g/mol. The van der Waals surface area contributed by atoms with Crippen molar-refractivity contribution in [2.45, 2.75) is 12.5 Å². The number of hydrogen-bond donors (Lipinski definition) is 1. The van der Waals surface area contributed by atoms with Crippen LogP contribution in [0.3, 0.4) is 0 Å². The fourth-order valence-electron chi connectivity index (χ4n) is 3.20. The molecular weight excluding hydrogens is 336 g/mol. The van der Waals surface area contributed by atoms with Gasteiger partial charge in [-0.05, 0) is 51.9 Å². The highest BCUT2D eigenvalue weighted by Crippen LogP contribution is 2.38. The average molecular weight is 351 g/mol. The standard InChI is InChI=1S/C20H15BrO/c21-17-6-3-5-14(12-17)20(22)15-8-9-19-16(11-15)10-13-4-1-2-7-18(13)19/h1-9,11-12,20,22H,10H2/t20-/m0/s1. The van der Waals surface area contributed by atoms with Crippen LogP contribution in [0.4, 0.5) is 0 Å². The molecule has 4 rings (SSSR count). The van der Waals surface area contributed by atoms with E-state index in [1.54, 1.807) is 0 Å². The Bertz CT molecular complexity index is 854. The minimum absolute atomic E-state index is 0.591. The predicted molar refractivity (Wildman–Crippen MR) is 92.9 cm³/mol. The zero-order chi connectivity index (χ0) is 15.1. The van der Waals surface area contributed by atoms with E-state index in [9.17, 15) is 5.11 Å². The maximum absolute atomic E-state index is 10.6. The molecule has 1 aliphatic rings. The average Bonchev–Trinajstić information content (AvgIpc) is 2.91. The van der Waals surface area contributed by atoms with E-state index in [2.05, 4.69) is 52.3 Å². The van der Waals surface area contributed by atoms with Gasteiger partial charge in [-0.3, -0.25) is 0 Å². The van der Waals surface area contributed by atoms with E-state index in [-0.39, 0.29) is 0 Å². The first-order chi connectivity index (χ1) is 10.7. The Balaban J connectivity index is 1.73. The third-order valence-electron chi connectivity index (χ3n) is 4.30. The number of aliphatic hydroxyl groups is 1. The second-order valence-corrected chi connectivity index (χ2v) is 6.62. The smallest absolute Gasteiger partial charge is 0.104 e. The van der Waals surface area contributed by atoms with Crippen LogP contribution in [0.15, 0.2) is 71.2 Å². The molecule has 0 saturated heterocycles. The molecule has 0 heterocycles. The third kappa shape index (κ3) is 2.29. The molecule has 0 radical (unpaired) electrons. The van der Waals surface area contributed by atoms with Crippen LogP contribution in [-0.4, -0.2) is 5.11 Å². The molecule has 2 heteroatoms. The van der Waals surface area contributed by atoms with Crippen LogP contribution in [0.2, 0.25) is 0 Å². The second kappa shape index (κ2) is 5.38. The molecule has 0 aliphatic heterocycles. The van der Waals surface area contributed by atoms with Crippen LogP contribution in [0.5, 0.6) is 0 Å². The molecule has 108 valence electrons. The Morgan fingerprint density at radius 2 is 1.55 bits per heavy atom. The molecule has 1 aliphatic carbocycles.